The Balaban J connectivity index is 2.34. The largest absolute Gasteiger partial charge is 0.408 e. The Bertz CT molecular complexity index is 520. The average molecular weight is 347 g/mol. The van der Waals surface area contributed by atoms with Gasteiger partial charge in [-0.2, -0.15) is 0 Å². The quantitative estimate of drug-likeness (QED) is 0.601. The molecule has 0 aromatic heterocycles. The molecule has 3 nitrogen and oxygen atoms in total. The second-order valence-electron chi connectivity index (χ2n) is 7.32. The van der Waals surface area contributed by atoms with Crippen LogP contribution >= 0.6 is 23.2 Å². The number of anilines is 1. The molecule has 0 saturated carbocycles. The molecule has 2 N–H and O–H groups in total. The maximum Gasteiger partial charge on any atom is 0.201 e. The molecule has 1 aliphatic heterocycles. The summed E-state index contributed by atoms with van der Waals surface area (Å²) < 4.78 is 6.37. The molecule has 1 aromatic carbocycles. The second-order valence-corrected chi connectivity index (χ2v) is 12.2. The van der Waals surface area contributed by atoms with Crippen molar-refractivity contribution >= 4 is 37.2 Å². The SMILES string of the molecule is CC(C)(C)N1CC(c2cc(Cl)c(N)c(Cl)c2)O[Si](C)(C)C1. The van der Waals surface area contributed by atoms with Crippen LogP contribution in [0.4, 0.5) is 5.69 Å². The van der Waals surface area contributed by atoms with Crippen molar-refractivity contribution in [2.45, 2.75) is 45.5 Å². The first-order valence-corrected chi connectivity index (χ1v) is 11.0. The number of benzene rings is 1. The highest BCUT2D eigenvalue weighted by atomic mass is 35.5. The van der Waals surface area contributed by atoms with Gasteiger partial charge in [0.15, 0.2) is 0 Å². The number of halogens is 2. The van der Waals surface area contributed by atoms with Crippen molar-refractivity contribution < 1.29 is 4.43 Å². The van der Waals surface area contributed by atoms with E-state index in [1.807, 2.05) is 12.1 Å². The lowest BCUT2D eigenvalue weighted by molar-refractivity contribution is 0.0422. The lowest BCUT2D eigenvalue weighted by atomic mass is 10.0. The van der Waals surface area contributed by atoms with Crippen molar-refractivity contribution in [3.63, 3.8) is 0 Å². The Morgan fingerprint density at radius 3 is 2.24 bits per heavy atom. The minimum atomic E-state index is -1.75. The summed E-state index contributed by atoms with van der Waals surface area (Å²) >= 11 is 12.3. The van der Waals surface area contributed by atoms with Crippen molar-refractivity contribution in [2.24, 2.45) is 0 Å². The van der Waals surface area contributed by atoms with Gasteiger partial charge in [-0.3, -0.25) is 4.90 Å². The summed E-state index contributed by atoms with van der Waals surface area (Å²) in [6.07, 6.45) is 1.03. The topological polar surface area (TPSA) is 38.5 Å². The van der Waals surface area contributed by atoms with Crippen LogP contribution in [0.25, 0.3) is 0 Å². The first-order chi connectivity index (χ1) is 9.49. The third-order valence-corrected chi connectivity index (χ3v) is 6.53. The summed E-state index contributed by atoms with van der Waals surface area (Å²) in [5, 5.41) is 0.988. The normalized spacial score (nSPS) is 23.3. The van der Waals surface area contributed by atoms with E-state index in [1.54, 1.807) is 0 Å². The fourth-order valence-corrected chi connectivity index (χ4v) is 5.74. The van der Waals surface area contributed by atoms with Crippen LogP contribution < -0.4 is 5.73 Å². The molecule has 6 heteroatoms. The molecule has 1 aromatic rings. The maximum absolute atomic E-state index is 6.37. The number of rotatable bonds is 1. The highest BCUT2D eigenvalue weighted by molar-refractivity contribution is 6.71. The summed E-state index contributed by atoms with van der Waals surface area (Å²) in [6, 6.07) is 3.76. The van der Waals surface area contributed by atoms with E-state index in [1.165, 1.54) is 0 Å². The summed E-state index contributed by atoms with van der Waals surface area (Å²) in [5.41, 5.74) is 7.38. The third-order valence-electron chi connectivity index (χ3n) is 3.84. The van der Waals surface area contributed by atoms with Gasteiger partial charge in [-0.15, -0.1) is 0 Å². The molecule has 2 rings (SSSR count). The molecule has 0 aliphatic carbocycles. The van der Waals surface area contributed by atoms with Crippen molar-refractivity contribution in [3.8, 4) is 0 Å². The van der Waals surface area contributed by atoms with Gasteiger partial charge in [-0.1, -0.05) is 23.2 Å². The zero-order valence-electron chi connectivity index (χ0n) is 13.3. The molecule has 1 heterocycles. The molecule has 1 fully saturated rings. The molecule has 1 saturated heterocycles. The van der Waals surface area contributed by atoms with Gasteiger partial charge in [0.2, 0.25) is 8.32 Å². The highest BCUT2D eigenvalue weighted by Gasteiger charge is 2.40. The minimum Gasteiger partial charge on any atom is -0.408 e. The third kappa shape index (κ3) is 3.93. The molecule has 1 atom stereocenters. The average Bonchev–Trinajstić information content (AvgIpc) is 2.32. The summed E-state index contributed by atoms with van der Waals surface area (Å²) in [6.45, 7) is 12.1. The molecule has 0 bridgehead atoms. The minimum absolute atomic E-state index is 0.00441. The van der Waals surface area contributed by atoms with Crippen LogP contribution in [-0.4, -0.2) is 31.5 Å². The van der Waals surface area contributed by atoms with Crippen LogP contribution in [0.1, 0.15) is 32.4 Å². The van der Waals surface area contributed by atoms with E-state index in [0.717, 1.165) is 18.3 Å². The van der Waals surface area contributed by atoms with Crippen molar-refractivity contribution in [3.05, 3.63) is 27.7 Å². The number of nitrogen functional groups attached to an aromatic ring is 1. The molecule has 1 unspecified atom stereocenters. The highest BCUT2D eigenvalue weighted by Crippen LogP contribution is 2.37. The van der Waals surface area contributed by atoms with Gasteiger partial charge in [0.25, 0.3) is 0 Å². The molecule has 1 aliphatic rings. The molecular weight excluding hydrogens is 323 g/mol. The Morgan fingerprint density at radius 2 is 1.76 bits per heavy atom. The van der Waals surface area contributed by atoms with Crippen LogP contribution in [0.15, 0.2) is 12.1 Å². The number of nitrogens with two attached hydrogens (primary N) is 1. The summed E-state index contributed by atoms with van der Waals surface area (Å²) in [4.78, 5) is 2.49. The Morgan fingerprint density at radius 1 is 1.24 bits per heavy atom. The van der Waals surface area contributed by atoms with Gasteiger partial charge in [-0.05, 0) is 51.6 Å². The monoisotopic (exact) mass is 346 g/mol. The predicted molar refractivity (Wildman–Crippen MR) is 93.5 cm³/mol. The van der Waals surface area contributed by atoms with Gasteiger partial charge in [0, 0.05) is 18.3 Å². The van der Waals surface area contributed by atoms with Crippen LogP contribution in [0, 0.1) is 0 Å². The standard InChI is InChI=1S/C15H24Cl2N2OSi/c1-15(2,3)19-8-13(20-21(4,5)9-19)10-6-11(16)14(18)12(17)7-10/h6-7,13H,8-9,18H2,1-5H3. The van der Waals surface area contributed by atoms with E-state index < -0.39 is 8.32 Å². The Kier molecular flexibility index (Phi) is 4.67. The molecule has 0 radical (unpaired) electrons. The number of hydrogen-bond donors (Lipinski definition) is 1. The van der Waals surface area contributed by atoms with Crippen molar-refractivity contribution in [1.29, 1.82) is 0 Å². The van der Waals surface area contributed by atoms with Crippen LogP contribution in [0.2, 0.25) is 23.1 Å². The second kappa shape index (κ2) is 5.74. The van der Waals surface area contributed by atoms with Gasteiger partial charge in [0.05, 0.1) is 21.8 Å². The van der Waals surface area contributed by atoms with E-state index >= 15 is 0 Å². The molecule has 118 valence electrons. The van der Waals surface area contributed by atoms with Crippen LogP contribution in [-0.2, 0) is 4.43 Å². The van der Waals surface area contributed by atoms with Crippen molar-refractivity contribution in [1.82, 2.24) is 4.90 Å². The molecular formula is C15H24Cl2N2OSi. The van der Waals surface area contributed by atoms with Gasteiger partial charge < -0.3 is 10.2 Å². The Labute approximate surface area is 138 Å². The van der Waals surface area contributed by atoms with Gasteiger partial charge >= 0.3 is 0 Å². The van der Waals surface area contributed by atoms with E-state index in [2.05, 4.69) is 38.8 Å². The lowest BCUT2D eigenvalue weighted by Crippen LogP contribution is -2.58. The Hall–Kier alpha value is -0.263. The zero-order chi connectivity index (χ0) is 16.0. The summed E-state index contributed by atoms with van der Waals surface area (Å²) in [5.74, 6) is 0. The van der Waals surface area contributed by atoms with Gasteiger partial charge in [-0.25, -0.2) is 0 Å². The smallest absolute Gasteiger partial charge is 0.201 e. The zero-order valence-corrected chi connectivity index (χ0v) is 15.8. The molecule has 0 amide bonds. The number of nitrogens with zero attached hydrogens (tertiary/aromatic N) is 1. The summed E-state index contributed by atoms with van der Waals surface area (Å²) in [7, 11) is -1.75. The maximum atomic E-state index is 6.37. The fraction of sp³-hybridized carbons (Fsp3) is 0.600. The van der Waals surface area contributed by atoms with Crippen LogP contribution in [0.3, 0.4) is 0 Å². The van der Waals surface area contributed by atoms with E-state index in [4.69, 9.17) is 33.4 Å². The molecule has 0 spiro atoms. The van der Waals surface area contributed by atoms with Gasteiger partial charge in [0.1, 0.15) is 0 Å². The van der Waals surface area contributed by atoms with E-state index in [9.17, 15) is 0 Å². The lowest BCUT2D eigenvalue weighted by Gasteiger charge is -2.47. The predicted octanol–water partition coefficient (Wildman–Crippen LogP) is 4.49. The first-order valence-electron chi connectivity index (χ1n) is 7.17. The molecule has 21 heavy (non-hydrogen) atoms. The number of hydrogen-bond acceptors (Lipinski definition) is 3. The fourth-order valence-electron chi connectivity index (χ4n) is 2.66. The van der Waals surface area contributed by atoms with E-state index in [0.29, 0.717) is 15.7 Å². The van der Waals surface area contributed by atoms with Crippen LogP contribution in [0.5, 0.6) is 0 Å². The van der Waals surface area contributed by atoms with E-state index in [-0.39, 0.29) is 11.6 Å². The van der Waals surface area contributed by atoms with Crippen molar-refractivity contribution in [2.75, 3.05) is 18.4 Å². The first kappa shape index (κ1) is 17.1.